The molecule has 0 amide bonds. The number of methoxy groups -OCH3 is 1. The molecule has 0 spiro atoms. The van der Waals surface area contributed by atoms with Crippen LogP contribution in [0.25, 0.3) is 0 Å². The fraction of sp³-hybridized carbons (Fsp3) is 0.571. The molecule has 5 nitrogen and oxygen atoms in total. The van der Waals surface area contributed by atoms with Gasteiger partial charge in [-0.2, -0.15) is 0 Å². The zero-order chi connectivity index (χ0) is 14.3. The second kappa shape index (κ2) is 7.74. The lowest BCUT2D eigenvalue weighted by molar-refractivity contribution is 0.0696. The molecule has 0 aliphatic rings. The van der Waals surface area contributed by atoms with Gasteiger partial charge in [0.2, 0.25) is 0 Å². The molecule has 1 heterocycles. The van der Waals surface area contributed by atoms with Gasteiger partial charge in [-0.3, -0.25) is 0 Å². The van der Waals surface area contributed by atoms with Crippen molar-refractivity contribution in [2.24, 2.45) is 0 Å². The SMILES string of the molecule is CCC(CC)N(CCOC)c1ccc(C(=O)O)cn1. The van der Waals surface area contributed by atoms with E-state index in [1.54, 1.807) is 19.2 Å². The van der Waals surface area contributed by atoms with Crippen molar-refractivity contribution in [1.82, 2.24) is 4.98 Å². The van der Waals surface area contributed by atoms with Crippen LogP contribution in [-0.2, 0) is 4.74 Å². The zero-order valence-corrected chi connectivity index (χ0v) is 11.8. The Hall–Kier alpha value is -1.62. The smallest absolute Gasteiger partial charge is 0.337 e. The lowest BCUT2D eigenvalue weighted by atomic mass is 10.1. The number of ether oxygens (including phenoxy) is 1. The summed E-state index contributed by atoms with van der Waals surface area (Å²) in [7, 11) is 1.67. The molecule has 0 bridgehead atoms. The van der Waals surface area contributed by atoms with E-state index in [4.69, 9.17) is 9.84 Å². The largest absolute Gasteiger partial charge is 0.478 e. The number of pyridine rings is 1. The molecule has 5 heteroatoms. The average molecular weight is 266 g/mol. The highest BCUT2D eigenvalue weighted by molar-refractivity contribution is 5.87. The fourth-order valence-electron chi connectivity index (χ4n) is 2.09. The van der Waals surface area contributed by atoms with E-state index in [1.807, 2.05) is 0 Å². The lowest BCUT2D eigenvalue weighted by Crippen LogP contribution is -2.37. The molecule has 106 valence electrons. The van der Waals surface area contributed by atoms with E-state index in [1.165, 1.54) is 6.20 Å². The van der Waals surface area contributed by atoms with Crippen LogP contribution in [0, 0.1) is 0 Å². The number of anilines is 1. The van der Waals surface area contributed by atoms with E-state index in [-0.39, 0.29) is 5.56 Å². The molecule has 0 atom stereocenters. The molecular formula is C14H22N2O3. The molecule has 0 aliphatic carbocycles. The van der Waals surface area contributed by atoms with Crippen LogP contribution in [0.5, 0.6) is 0 Å². The summed E-state index contributed by atoms with van der Waals surface area (Å²) in [5.74, 6) is -0.152. The maximum Gasteiger partial charge on any atom is 0.337 e. The van der Waals surface area contributed by atoms with E-state index in [2.05, 4.69) is 23.7 Å². The lowest BCUT2D eigenvalue weighted by Gasteiger charge is -2.31. The van der Waals surface area contributed by atoms with Gasteiger partial charge in [0.25, 0.3) is 0 Å². The standard InChI is InChI=1S/C14H22N2O3/c1-4-12(5-2)16(8-9-19-3)13-7-6-11(10-15-13)14(17)18/h6-7,10,12H,4-5,8-9H2,1-3H3,(H,17,18). The Labute approximate surface area is 114 Å². The van der Waals surface area contributed by atoms with Crippen LogP contribution >= 0.6 is 0 Å². The number of carboxylic acid groups (broad SMARTS) is 1. The van der Waals surface area contributed by atoms with Crippen molar-refractivity contribution >= 4 is 11.8 Å². The minimum absolute atomic E-state index is 0.208. The van der Waals surface area contributed by atoms with Gasteiger partial charge in [0.1, 0.15) is 5.82 Å². The van der Waals surface area contributed by atoms with Gasteiger partial charge in [-0.1, -0.05) is 13.8 Å². The molecule has 19 heavy (non-hydrogen) atoms. The number of carbonyl (C=O) groups is 1. The zero-order valence-electron chi connectivity index (χ0n) is 11.8. The number of rotatable bonds is 8. The van der Waals surface area contributed by atoms with Crippen LogP contribution in [0.2, 0.25) is 0 Å². The molecule has 0 radical (unpaired) electrons. The third kappa shape index (κ3) is 4.21. The quantitative estimate of drug-likeness (QED) is 0.783. The molecule has 1 aromatic heterocycles. The van der Waals surface area contributed by atoms with Crippen LogP contribution < -0.4 is 4.90 Å². The van der Waals surface area contributed by atoms with Crippen molar-refractivity contribution in [3.8, 4) is 0 Å². The second-order valence-corrected chi connectivity index (χ2v) is 4.37. The number of aromatic nitrogens is 1. The molecular weight excluding hydrogens is 244 g/mol. The highest BCUT2D eigenvalue weighted by Crippen LogP contribution is 2.18. The van der Waals surface area contributed by atoms with Gasteiger partial charge in [0.05, 0.1) is 12.2 Å². The van der Waals surface area contributed by atoms with E-state index >= 15 is 0 Å². The minimum atomic E-state index is -0.954. The molecule has 1 rings (SSSR count). The summed E-state index contributed by atoms with van der Waals surface area (Å²) < 4.78 is 5.13. The summed E-state index contributed by atoms with van der Waals surface area (Å²) in [4.78, 5) is 17.3. The fourth-order valence-corrected chi connectivity index (χ4v) is 2.09. The third-order valence-electron chi connectivity index (χ3n) is 3.21. The first-order chi connectivity index (χ1) is 9.13. The highest BCUT2D eigenvalue weighted by Gasteiger charge is 2.17. The maximum atomic E-state index is 10.8. The van der Waals surface area contributed by atoms with Gasteiger partial charge >= 0.3 is 5.97 Å². The van der Waals surface area contributed by atoms with Crippen molar-refractivity contribution in [2.75, 3.05) is 25.2 Å². The Morgan fingerprint density at radius 3 is 2.53 bits per heavy atom. The van der Waals surface area contributed by atoms with E-state index in [9.17, 15) is 4.79 Å². The number of nitrogens with zero attached hydrogens (tertiary/aromatic N) is 2. The molecule has 0 unspecified atom stereocenters. The highest BCUT2D eigenvalue weighted by atomic mass is 16.5. The summed E-state index contributed by atoms with van der Waals surface area (Å²) >= 11 is 0. The number of carboxylic acids is 1. The van der Waals surface area contributed by atoms with Gasteiger partial charge in [-0.25, -0.2) is 9.78 Å². The Morgan fingerprint density at radius 1 is 1.42 bits per heavy atom. The topological polar surface area (TPSA) is 62.7 Å². The maximum absolute atomic E-state index is 10.8. The van der Waals surface area contributed by atoms with Gasteiger partial charge in [0.15, 0.2) is 0 Å². The second-order valence-electron chi connectivity index (χ2n) is 4.37. The summed E-state index contributed by atoms with van der Waals surface area (Å²) in [5.41, 5.74) is 0.208. The Balaban J connectivity index is 2.92. The van der Waals surface area contributed by atoms with Crippen molar-refractivity contribution in [3.05, 3.63) is 23.9 Å². The molecule has 0 aromatic carbocycles. The normalized spacial score (nSPS) is 10.7. The summed E-state index contributed by atoms with van der Waals surface area (Å²) in [6.45, 7) is 5.65. The van der Waals surface area contributed by atoms with Crippen molar-refractivity contribution in [2.45, 2.75) is 32.7 Å². The number of aromatic carboxylic acids is 1. The molecule has 0 saturated heterocycles. The van der Waals surface area contributed by atoms with Gasteiger partial charge < -0.3 is 14.7 Å². The van der Waals surface area contributed by atoms with Gasteiger partial charge in [-0.15, -0.1) is 0 Å². The Bertz CT molecular complexity index is 388. The number of hydrogen-bond donors (Lipinski definition) is 1. The van der Waals surface area contributed by atoms with Crippen LogP contribution in [-0.4, -0.2) is 42.4 Å². The molecule has 0 saturated carbocycles. The van der Waals surface area contributed by atoms with Crippen LogP contribution in [0.1, 0.15) is 37.0 Å². The predicted octanol–water partition coefficient (Wildman–Crippen LogP) is 2.42. The molecule has 1 N–H and O–H groups in total. The monoisotopic (exact) mass is 266 g/mol. The summed E-state index contributed by atoms with van der Waals surface area (Å²) in [6.07, 6.45) is 3.44. The first-order valence-corrected chi connectivity index (χ1v) is 6.58. The van der Waals surface area contributed by atoms with Crippen molar-refractivity contribution < 1.29 is 14.6 Å². The Kier molecular flexibility index (Phi) is 6.29. The summed E-state index contributed by atoms with van der Waals surface area (Å²) in [6, 6.07) is 3.74. The van der Waals surface area contributed by atoms with Crippen molar-refractivity contribution in [3.63, 3.8) is 0 Å². The number of hydrogen-bond acceptors (Lipinski definition) is 4. The van der Waals surface area contributed by atoms with Crippen LogP contribution in [0.4, 0.5) is 5.82 Å². The molecule has 1 aromatic rings. The van der Waals surface area contributed by atoms with Crippen LogP contribution in [0.3, 0.4) is 0 Å². The van der Waals surface area contributed by atoms with Gasteiger partial charge in [0, 0.05) is 25.9 Å². The van der Waals surface area contributed by atoms with Gasteiger partial charge in [-0.05, 0) is 25.0 Å². The Morgan fingerprint density at radius 2 is 2.11 bits per heavy atom. The van der Waals surface area contributed by atoms with Crippen LogP contribution in [0.15, 0.2) is 18.3 Å². The summed E-state index contributed by atoms with van der Waals surface area (Å²) in [5, 5.41) is 8.88. The molecule has 0 aliphatic heterocycles. The van der Waals surface area contributed by atoms with E-state index in [0.717, 1.165) is 25.2 Å². The first-order valence-electron chi connectivity index (χ1n) is 6.58. The first kappa shape index (κ1) is 15.4. The molecule has 0 fully saturated rings. The van der Waals surface area contributed by atoms with E-state index in [0.29, 0.717) is 12.6 Å². The average Bonchev–Trinajstić information content (AvgIpc) is 2.43. The minimum Gasteiger partial charge on any atom is -0.478 e. The third-order valence-corrected chi connectivity index (χ3v) is 3.21. The van der Waals surface area contributed by atoms with E-state index < -0.39 is 5.97 Å². The van der Waals surface area contributed by atoms with Crippen molar-refractivity contribution in [1.29, 1.82) is 0 Å². The predicted molar refractivity (Wildman–Crippen MR) is 74.8 cm³/mol.